The third-order valence-electron chi connectivity index (χ3n) is 1.74. The number of carbonyl (C=O) groups is 1. The molecule has 0 saturated heterocycles. The molecule has 4 nitrogen and oxygen atoms in total. The number of carbonyl (C=O) groups excluding carboxylic acids is 1. The molecule has 0 aliphatic heterocycles. The Morgan fingerprint density at radius 1 is 1.73 bits per heavy atom. The summed E-state index contributed by atoms with van der Waals surface area (Å²) in [7, 11) is 0. The minimum absolute atomic E-state index is 0.340. The maximum Gasteiger partial charge on any atom is 0.270 e. The number of hydroxylamine groups is 1. The van der Waals surface area contributed by atoms with E-state index in [4.69, 9.17) is 10.3 Å². The quantitative estimate of drug-likeness (QED) is 0.369. The number of rotatable bonds is 1. The van der Waals surface area contributed by atoms with E-state index < -0.39 is 12.0 Å². The number of hydrogen-bond acceptors (Lipinski definition) is 3. The zero-order valence-corrected chi connectivity index (χ0v) is 6.08. The molecule has 0 aromatic carbocycles. The lowest BCUT2D eigenvalue weighted by Crippen LogP contribution is -2.25. The first-order valence-electron chi connectivity index (χ1n) is 3.55. The highest BCUT2D eigenvalue weighted by Gasteiger charge is 2.17. The lowest BCUT2D eigenvalue weighted by atomic mass is 9.97. The van der Waals surface area contributed by atoms with Gasteiger partial charge in [-0.3, -0.25) is 10.0 Å². The molecule has 0 fully saturated rings. The summed E-state index contributed by atoms with van der Waals surface area (Å²) in [6.07, 6.45) is 3.03. The molecule has 0 heterocycles. The molecule has 0 aromatic rings. The fourth-order valence-electron chi connectivity index (χ4n) is 1.15. The van der Waals surface area contributed by atoms with Gasteiger partial charge in [-0.15, -0.1) is 0 Å². The van der Waals surface area contributed by atoms with Crippen LogP contribution in [0.2, 0.25) is 0 Å². The van der Waals surface area contributed by atoms with E-state index >= 15 is 0 Å². The molecule has 62 valence electrons. The molecule has 1 aliphatic rings. The Kier molecular flexibility index (Phi) is 2.62. The van der Waals surface area contributed by atoms with E-state index in [1.807, 2.05) is 0 Å². The molecule has 0 saturated carbocycles. The van der Waals surface area contributed by atoms with Crippen molar-refractivity contribution in [2.45, 2.75) is 25.4 Å². The van der Waals surface area contributed by atoms with Crippen LogP contribution in [0.15, 0.2) is 11.6 Å². The van der Waals surface area contributed by atoms with E-state index in [2.05, 4.69) is 0 Å². The van der Waals surface area contributed by atoms with Crippen LogP contribution >= 0.6 is 0 Å². The average molecular weight is 157 g/mol. The zero-order valence-electron chi connectivity index (χ0n) is 6.08. The van der Waals surface area contributed by atoms with E-state index in [1.165, 1.54) is 5.48 Å². The number of aliphatic hydroxyl groups is 1. The van der Waals surface area contributed by atoms with Gasteiger partial charge in [0.1, 0.15) is 0 Å². The second kappa shape index (κ2) is 3.50. The van der Waals surface area contributed by atoms with E-state index in [1.54, 1.807) is 6.08 Å². The van der Waals surface area contributed by atoms with Crippen molar-refractivity contribution in [3.05, 3.63) is 11.6 Å². The maximum absolute atomic E-state index is 10.8. The first-order chi connectivity index (χ1) is 5.24. The van der Waals surface area contributed by atoms with Crippen LogP contribution in [-0.2, 0) is 4.79 Å². The van der Waals surface area contributed by atoms with Gasteiger partial charge in [0, 0.05) is 12.0 Å². The maximum atomic E-state index is 10.8. The lowest BCUT2D eigenvalue weighted by Gasteiger charge is -2.15. The summed E-state index contributed by atoms with van der Waals surface area (Å²) in [6.45, 7) is 0. The molecule has 0 spiro atoms. The van der Waals surface area contributed by atoms with Crippen molar-refractivity contribution < 1.29 is 15.1 Å². The fourth-order valence-corrected chi connectivity index (χ4v) is 1.15. The Morgan fingerprint density at radius 2 is 2.45 bits per heavy atom. The normalized spacial score (nSPS) is 24.2. The highest BCUT2D eigenvalue weighted by Crippen LogP contribution is 2.17. The molecule has 0 bridgehead atoms. The van der Waals surface area contributed by atoms with Gasteiger partial charge < -0.3 is 5.11 Å². The van der Waals surface area contributed by atoms with Crippen molar-refractivity contribution in [2.75, 3.05) is 0 Å². The van der Waals surface area contributed by atoms with E-state index in [0.717, 1.165) is 0 Å². The summed E-state index contributed by atoms with van der Waals surface area (Å²) in [5, 5.41) is 17.4. The number of amides is 1. The van der Waals surface area contributed by atoms with Gasteiger partial charge in [0.15, 0.2) is 0 Å². The summed E-state index contributed by atoms with van der Waals surface area (Å²) < 4.78 is 0. The highest BCUT2D eigenvalue weighted by atomic mass is 16.5. The average Bonchev–Trinajstić information content (AvgIpc) is 2.03. The van der Waals surface area contributed by atoms with Gasteiger partial charge in [0.25, 0.3) is 5.91 Å². The number of hydrogen-bond donors (Lipinski definition) is 3. The molecule has 0 radical (unpaired) electrons. The van der Waals surface area contributed by atoms with Crippen molar-refractivity contribution in [1.82, 2.24) is 5.48 Å². The lowest BCUT2D eigenvalue weighted by molar-refractivity contribution is -0.125. The van der Waals surface area contributed by atoms with Crippen molar-refractivity contribution in [3.8, 4) is 0 Å². The number of allylic oxidation sites excluding steroid dienone is 1. The van der Waals surface area contributed by atoms with Crippen molar-refractivity contribution in [1.29, 1.82) is 0 Å². The van der Waals surface area contributed by atoms with Crippen molar-refractivity contribution >= 4 is 5.91 Å². The molecule has 11 heavy (non-hydrogen) atoms. The molecule has 1 aliphatic carbocycles. The van der Waals surface area contributed by atoms with Crippen LogP contribution in [0.25, 0.3) is 0 Å². The summed E-state index contributed by atoms with van der Waals surface area (Å²) >= 11 is 0. The Morgan fingerprint density at radius 3 is 3.00 bits per heavy atom. The van der Waals surface area contributed by atoms with Crippen LogP contribution in [0, 0.1) is 0 Å². The zero-order chi connectivity index (χ0) is 8.27. The van der Waals surface area contributed by atoms with Gasteiger partial charge in [0.05, 0.1) is 6.10 Å². The first-order valence-corrected chi connectivity index (χ1v) is 3.55. The molecule has 4 heteroatoms. The highest BCUT2D eigenvalue weighted by molar-refractivity contribution is 5.92. The third-order valence-corrected chi connectivity index (χ3v) is 1.74. The smallest absolute Gasteiger partial charge is 0.270 e. The Balaban J connectivity index is 2.57. The van der Waals surface area contributed by atoms with E-state index in [-0.39, 0.29) is 0 Å². The van der Waals surface area contributed by atoms with Gasteiger partial charge in [-0.05, 0) is 12.8 Å². The van der Waals surface area contributed by atoms with Gasteiger partial charge in [-0.25, -0.2) is 5.48 Å². The fraction of sp³-hybridized carbons (Fsp3) is 0.571. The Hall–Kier alpha value is -0.870. The Bertz CT molecular complexity index is 188. The van der Waals surface area contributed by atoms with Gasteiger partial charge >= 0.3 is 0 Å². The molecule has 0 unspecified atom stereocenters. The minimum atomic E-state index is -0.510. The summed E-state index contributed by atoms with van der Waals surface area (Å²) in [4.78, 5) is 10.8. The standard InChI is InChI=1S/C7H11NO3/c9-6-3-1-2-5(4-6)7(10)8-11/h2,6,9,11H,1,3-4H2,(H,8,10)/t6-/m0/s1. The summed E-state index contributed by atoms with van der Waals surface area (Å²) in [6, 6.07) is 0. The monoisotopic (exact) mass is 157 g/mol. The first kappa shape index (κ1) is 8.23. The molecular formula is C7H11NO3. The van der Waals surface area contributed by atoms with Crippen molar-refractivity contribution in [3.63, 3.8) is 0 Å². The van der Waals surface area contributed by atoms with E-state index in [9.17, 15) is 4.79 Å². The number of nitrogens with one attached hydrogen (secondary N) is 1. The Labute approximate surface area is 64.5 Å². The van der Waals surface area contributed by atoms with Crippen LogP contribution < -0.4 is 5.48 Å². The van der Waals surface area contributed by atoms with Gasteiger partial charge in [-0.1, -0.05) is 6.08 Å². The van der Waals surface area contributed by atoms with E-state index in [0.29, 0.717) is 24.8 Å². The molecule has 1 amide bonds. The SMILES string of the molecule is O=C(NO)C1=CCC[C@H](O)C1. The molecule has 1 rings (SSSR count). The largest absolute Gasteiger partial charge is 0.393 e. The molecule has 3 N–H and O–H groups in total. The second-order valence-electron chi connectivity index (χ2n) is 2.61. The predicted octanol–water partition coefficient (Wildman–Crippen LogP) is -0.0370. The van der Waals surface area contributed by atoms with Crippen LogP contribution in [0.4, 0.5) is 0 Å². The minimum Gasteiger partial charge on any atom is -0.393 e. The van der Waals surface area contributed by atoms with Crippen molar-refractivity contribution in [2.24, 2.45) is 0 Å². The van der Waals surface area contributed by atoms with Crippen LogP contribution in [0.1, 0.15) is 19.3 Å². The second-order valence-corrected chi connectivity index (χ2v) is 2.61. The summed E-state index contributed by atoms with van der Waals surface area (Å²) in [5.74, 6) is -0.510. The summed E-state index contributed by atoms with van der Waals surface area (Å²) in [5.41, 5.74) is 2.00. The molecular weight excluding hydrogens is 146 g/mol. The molecule has 0 aromatic heterocycles. The van der Waals surface area contributed by atoms with Gasteiger partial charge in [0.2, 0.25) is 0 Å². The van der Waals surface area contributed by atoms with Crippen LogP contribution in [0.3, 0.4) is 0 Å². The molecule has 1 atom stereocenters. The van der Waals surface area contributed by atoms with Crippen LogP contribution in [-0.4, -0.2) is 22.3 Å². The predicted molar refractivity (Wildman–Crippen MR) is 37.9 cm³/mol. The van der Waals surface area contributed by atoms with Gasteiger partial charge in [-0.2, -0.15) is 0 Å². The third kappa shape index (κ3) is 2.03. The number of aliphatic hydroxyl groups excluding tert-OH is 1. The topological polar surface area (TPSA) is 69.6 Å². The van der Waals surface area contributed by atoms with Crippen LogP contribution in [0.5, 0.6) is 0 Å².